The zero-order valence-corrected chi connectivity index (χ0v) is 19.2. The van der Waals surface area contributed by atoms with E-state index in [1.54, 1.807) is 18.3 Å². The molecule has 0 spiro atoms. The monoisotopic (exact) mass is 485 g/mol. The number of carbonyl (C=O) groups is 1. The molecule has 0 fully saturated rings. The Balaban J connectivity index is 1.45. The first-order valence-corrected chi connectivity index (χ1v) is 11.3. The van der Waals surface area contributed by atoms with Gasteiger partial charge in [-0.15, -0.1) is 0 Å². The molecule has 0 aliphatic carbocycles. The highest BCUT2D eigenvalue weighted by Gasteiger charge is 2.28. The summed E-state index contributed by atoms with van der Waals surface area (Å²) in [5.41, 5.74) is 5.19. The number of aromatic nitrogens is 1. The van der Waals surface area contributed by atoms with Crippen molar-refractivity contribution in [3.05, 3.63) is 83.2 Å². The highest BCUT2D eigenvalue weighted by atomic mass is 19.4. The average molecular weight is 486 g/mol. The Morgan fingerprint density at radius 1 is 1.17 bits per heavy atom. The molecule has 3 aromatic rings. The number of pyridine rings is 1. The third-order valence-electron chi connectivity index (χ3n) is 6.14. The molecular weight excluding hydrogens is 459 g/mol. The van der Waals surface area contributed by atoms with Crippen molar-refractivity contribution < 1.29 is 27.8 Å². The van der Waals surface area contributed by atoms with Crippen LogP contribution in [0.4, 0.5) is 24.5 Å². The number of hydrogen-bond acceptors (Lipinski definition) is 5. The van der Waals surface area contributed by atoms with E-state index < -0.39 is 18.8 Å². The minimum absolute atomic E-state index is 0.102. The van der Waals surface area contributed by atoms with Gasteiger partial charge in [-0.05, 0) is 85.0 Å². The summed E-state index contributed by atoms with van der Waals surface area (Å²) in [6.07, 6.45) is 0.935. The Bertz CT molecular complexity index is 1180. The lowest BCUT2D eigenvalue weighted by Crippen LogP contribution is -2.30. The molecule has 2 heterocycles. The van der Waals surface area contributed by atoms with Crippen LogP contribution in [0.2, 0.25) is 0 Å². The fraction of sp³-hybridized carbons (Fsp3) is 0.308. The second-order valence-corrected chi connectivity index (χ2v) is 8.47. The number of carboxylic acids is 1. The van der Waals surface area contributed by atoms with Crippen LogP contribution in [-0.2, 0) is 12.8 Å². The zero-order chi connectivity index (χ0) is 25.0. The molecule has 35 heavy (non-hydrogen) atoms. The molecule has 2 aromatic carbocycles. The molecule has 1 atom stereocenters. The zero-order valence-electron chi connectivity index (χ0n) is 19.2. The molecule has 1 aromatic heterocycles. The highest BCUT2D eigenvalue weighted by molar-refractivity contribution is 5.89. The number of ether oxygens (including phenoxy) is 1. The van der Waals surface area contributed by atoms with Crippen LogP contribution in [0, 0.1) is 0 Å². The second-order valence-electron chi connectivity index (χ2n) is 8.47. The molecular formula is C26H26F3N3O3. The first-order chi connectivity index (χ1) is 16.7. The molecule has 4 rings (SSSR count). The Hall–Kier alpha value is -3.59. The lowest BCUT2D eigenvalue weighted by molar-refractivity contribution is -0.153. The van der Waals surface area contributed by atoms with Crippen molar-refractivity contribution in [2.24, 2.45) is 0 Å². The smallest absolute Gasteiger partial charge is 0.422 e. The number of aromatic carboxylic acids is 1. The maximum absolute atomic E-state index is 12.4. The summed E-state index contributed by atoms with van der Waals surface area (Å²) in [7, 11) is 1.90. The molecule has 0 radical (unpaired) electrons. The number of rotatable bonds is 8. The van der Waals surface area contributed by atoms with Gasteiger partial charge in [-0.2, -0.15) is 13.2 Å². The van der Waals surface area contributed by atoms with Gasteiger partial charge in [0.25, 0.3) is 0 Å². The summed E-state index contributed by atoms with van der Waals surface area (Å²) in [4.78, 5) is 17.5. The predicted molar refractivity (Wildman–Crippen MR) is 126 cm³/mol. The van der Waals surface area contributed by atoms with E-state index in [0.29, 0.717) is 12.0 Å². The van der Waals surface area contributed by atoms with Crippen molar-refractivity contribution in [3.63, 3.8) is 0 Å². The Morgan fingerprint density at radius 2 is 1.91 bits per heavy atom. The molecule has 9 heteroatoms. The fourth-order valence-electron chi connectivity index (χ4n) is 4.32. The molecule has 2 N–H and O–H groups in total. The van der Waals surface area contributed by atoms with Gasteiger partial charge in [0.05, 0.1) is 5.56 Å². The third kappa shape index (κ3) is 6.10. The molecule has 6 nitrogen and oxygen atoms in total. The van der Waals surface area contributed by atoms with E-state index in [-0.39, 0.29) is 17.4 Å². The third-order valence-corrected chi connectivity index (χ3v) is 6.14. The van der Waals surface area contributed by atoms with Crippen LogP contribution in [0.15, 0.2) is 60.9 Å². The summed E-state index contributed by atoms with van der Waals surface area (Å²) in [5.74, 6) is -0.787. The summed E-state index contributed by atoms with van der Waals surface area (Å²) in [6.45, 7) is -0.504. The van der Waals surface area contributed by atoms with E-state index in [0.717, 1.165) is 30.8 Å². The van der Waals surface area contributed by atoms with E-state index in [4.69, 9.17) is 4.74 Å². The van der Waals surface area contributed by atoms with Crippen molar-refractivity contribution in [2.75, 3.05) is 25.1 Å². The van der Waals surface area contributed by atoms with E-state index in [1.165, 1.54) is 35.5 Å². The average Bonchev–Trinajstić information content (AvgIpc) is 2.85. The van der Waals surface area contributed by atoms with Gasteiger partial charge in [0.15, 0.2) is 6.61 Å². The van der Waals surface area contributed by atoms with Gasteiger partial charge in [0.1, 0.15) is 5.75 Å². The summed E-state index contributed by atoms with van der Waals surface area (Å²) < 4.78 is 41.9. The number of aryl methyl sites for hydroxylation is 1. The molecule has 1 aliphatic rings. The fourth-order valence-corrected chi connectivity index (χ4v) is 4.32. The van der Waals surface area contributed by atoms with Crippen molar-refractivity contribution in [3.8, 4) is 5.75 Å². The normalized spacial score (nSPS) is 15.4. The highest BCUT2D eigenvalue weighted by Crippen LogP contribution is 2.33. The van der Waals surface area contributed by atoms with Gasteiger partial charge in [0, 0.05) is 36.9 Å². The lowest BCUT2D eigenvalue weighted by Gasteiger charge is -2.29. The number of hydrogen-bond donors (Lipinski definition) is 2. The number of benzene rings is 2. The molecule has 184 valence electrons. The standard InChI is InChI=1S/C26H26F3N3O3/c1-32(19-3-6-21(7-4-19)35-16-26(27,28)29)20-5-8-22-17(14-20)10-13-31-24(22)9-2-18-15-30-12-11-23(18)25(33)34/h3-8,11-12,14-15,24,31H,2,9-10,13,16H2,1H3,(H,33,34)/t24-/m0/s1. The Morgan fingerprint density at radius 3 is 2.63 bits per heavy atom. The van der Waals surface area contributed by atoms with Crippen LogP contribution < -0.4 is 15.0 Å². The Kier molecular flexibility index (Phi) is 7.25. The number of anilines is 2. The number of nitrogens with one attached hydrogen (secondary N) is 1. The van der Waals surface area contributed by atoms with Gasteiger partial charge in [0.2, 0.25) is 0 Å². The number of fused-ring (bicyclic) bond motifs is 1. The molecule has 0 saturated heterocycles. The van der Waals surface area contributed by atoms with Crippen LogP contribution in [-0.4, -0.2) is 42.4 Å². The molecule has 0 unspecified atom stereocenters. The minimum atomic E-state index is -4.37. The lowest BCUT2D eigenvalue weighted by atomic mass is 9.89. The largest absolute Gasteiger partial charge is 0.484 e. The second kappa shape index (κ2) is 10.4. The number of alkyl halides is 3. The van der Waals surface area contributed by atoms with Crippen LogP contribution >= 0.6 is 0 Å². The van der Waals surface area contributed by atoms with E-state index >= 15 is 0 Å². The maximum atomic E-state index is 12.4. The van der Waals surface area contributed by atoms with Crippen LogP contribution in [0.1, 0.15) is 39.5 Å². The summed E-state index contributed by atoms with van der Waals surface area (Å²) in [5, 5.41) is 12.9. The van der Waals surface area contributed by atoms with Crippen LogP contribution in [0.3, 0.4) is 0 Å². The van der Waals surface area contributed by atoms with Gasteiger partial charge >= 0.3 is 12.1 Å². The van der Waals surface area contributed by atoms with Gasteiger partial charge in [-0.1, -0.05) is 6.07 Å². The molecule has 0 saturated carbocycles. The van der Waals surface area contributed by atoms with E-state index in [1.807, 2.05) is 18.0 Å². The molecule has 0 amide bonds. The number of nitrogens with zero attached hydrogens (tertiary/aromatic N) is 2. The SMILES string of the molecule is CN(c1ccc(OCC(F)(F)F)cc1)c1ccc2c(c1)CCN[C@H]2CCc1cnccc1C(=O)O. The van der Waals surface area contributed by atoms with Gasteiger partial charge in [-0.25, -0.2) is 4.79 Å². The Labute approximate surface area is 201 Å². The maximum Gasteiger partial charge on any atom is 0.422 e. The first kappa shape index (κ1) is 24.5. The van der Waals surface area contributed by atoms with Crippen LogP contribution in [0.25, 0.3) is 0 Å². The quantitative estimate of drug-likeness (QED) is 0.451. The predicted octanol–water partition coefficient (Wildman–Crippen LogP) is 5.31. The topological polar surface area (TPSA) is 74.7 Å². The summed E-state index contributed by atoms with van der Waals surface area (Å²) >= 11 is 0. The van der Waals surface area contributed by atoms with E-state index in [9.17, 15) is 23.1 Å². The summed E-state index contributed by atoms with van der Waals surface area (Å²) in [6, 6.07) is 14.4. The van der Waals surface area contributed by atoms with Crippen molar-refractivity contribution >= 4 is 17.3 Å². The van der Waals surface area contributed by atoms with Crippen molar-refractivity contribution in [1.29, 1.82) is 0 Å². The van der Waals surface area contributed by atoms with Crippen LogP contribution in [0.5, 0.6) is 5.75 Å². The van der Waals surface area contributed by atoms with Crippen molar-refractivity contribution in [2.45, 2.75) is 31.5 Å². The molecule has 0 bridgehead atoms. The van der Waals surface area contributed by atoms with Gasteiger partial charge < -0.3 is 20.1 Å². The van der Waals surface area contributed by atoms with Gasteiger partial charge in [-0.3, -0.25) is 4.98 Å². The number of carboxylic acid groups (broad SMARTS) is 1. The van der Waals surface area contributed by atoms with E-state index in [2.05, 4.69) is 22.4 Å². The molecule has 1 aliphatic heterocycles. The minimum Gasteiger partial charge on any atom is -0.484 e. The van der Waals surface area contributed by atoms with Crippen molar-refractivity contribution in [1.82, 2.24) is 10.3 Å². The first-order valence-electron chi connectivity index (χ1n) is 11.3. The number of halogens is 3.